The number of pyridine rings is 1. The monoisotopic (exact) mass is 346 g/mol. The van der Waals surface area contributed by atoms with Gasteiger partial charge in [0.05, 0.1) is 0 Å². The molecule has 1 aromatic rings. The summed E-state index contributed by atoms with van der Waals surface area (Å²) in [5, 5.41) is 0. The van der Waals surface area contributed by atoms with Gasteiger partial charge in [0, 0.05) is 52.2 Å². The molecule has 25 heavy (non-hydrogen) atoms. The largest absolute Gasteiger partial charge is 0.375 e. The number of hydrogen-bond acceptors (Lipinski definition) is 5. The summed E-state index contributed by atoms with van der Waals surface area (Å²) in [6.45, 7) is 3.45. The Hall–Kier alpha value is -1.99. The predicted octanol–water partition coefficient (Wildman–Crippen LogP) is 0.363. The first kappa shape index (κ1) is 17.8. The minimum absolute atomic E-state index is 0.00419. The third-order valence-corrected chi connectivity index (χ3v) is 5.43. The lowest BCUT2D eigenvalue weighted by atomic mass is 9.82. The molecule has 0 aliphatic carbocycles. The second-order valence-corrected chi connectivity index (χ2v) is 6.85. The van der Waals surface area contributed by atoms with Gasteiger partial charge in [0.25, 0.3) is 0 Å². The van der Waals surface area contributed by atoms with E-state index in [1.807, 2.05) is 30.3 Å². The highest BCUT2D eigenvalue weighted by atomic mass is 16.5. The van der Waals surface area contributed by atoms with E-state index in [1.165, 1.54) is 7.11 Å². The number of rotatable bonds is 4. The number of carbonyl (C=O) groups is 2. The number of methoxy groups -OCH3 is 1. The van der Waals surface area contributed by atoms with Gasteiger partial charge in [-0.3, -0.25) is 19.5 Å². The predicted molar refractivity (Wildman–Crippen MR) is 92.7 cm³/mol. The molecule has 2 amide bonds. The highest BCUT2D eigenvalue weighted by Gasteiger charge is 2.49. The first-order valence-corrected chi connectivity index (χ1v) is 8.73. The van der Waals surface area contributed by atoms with Crippen LogP contribution in [0.25, 0.3) is 0 Å². The molecule has 7 heteroatoms. The molecular weight excluding hydrogens is 320 g/mol. The molecule has 0 saturated carbocycles. The molecule has 0 unspecified atom stereocenters. The fourth-order valence-corrected chi connectivity index (χ4v) is 3.84. The second kappa shape index (κ2) is 7.49. The molecule has 0 aromatic carbocycles. The summed E-state index contributed by atoms with van der Waals surface area (Å²) in [7, 11) is 3.55. The molecule has 2 aliphatic rings. The number of nitrogens with zero attached hydrogens (tertiary/aromatic N) is 4. The fraction of sp³-hybridized carbons (Fsp3) is 0.611. The van der Waals surface area contributed by atoms with E-state index >= 15 is 0 Å². The standard InChI is InChI=1S/C18H26N4O3/c1-20-10-11-22(13-15-4-3-7-19-12-15)17(24)18(20)5-8-21(9-6-18)16(23)14-25-2/h3-4,7,12H,5-6,8-11,13-14H2,1-2H3. The average Bonchev–Trinajstić information content (AvgIpc) is 2.64. The molecular formula is C18H26N4O3. The third kappa shape index (κ3) is 3.52. The molecule has 3 rings (SSSR count). The van der Waals surface area contributed by atoms with E-state index in [-0.39, 0.29) is 18.4 Å². The van der Waals surface area contributed by atoms with Gasteiger partial charge in [-0.25, -0.2) is 0 Å². The van der Waals surface area contributed by atoms with Crippen LogP contribution >= 0.6 is 0 Å². The number of hydrogen-bond donors (Lipinski definition) is 0. The highest BCUT2D eigenvalue weighted by Crippen LogP contribution is 2.33. The molecule has 3 heterocycles. The SMILES string of the molecule is COCC(=O)N1CCC2(CC1)C(=O)N(Cc1cccnc1)CCN2C. The number of piperazine rings is 1. The lowest BCUT2D eigenvalue weighted by molar-refractivity contribution is -0.158. The zero-order chi connectivity index (χ0) is 17.9. The van der Waals surface area contributed by atoms with Crippen LogP contribution < -0.4 is 0 Å². The van der Waals surface area contributed by atoms with Crippen molar-refractivity contribution in [2.24, 2.45) is 0 Å². The van der Waals surface area contributed by atoms with Crippen molar-refractivity contribution in [1.29, 1.82) is 0 Å². The van der Waals surface area contributed by atoms with E-state index < -0.39 is 5.54 Å². The quantitative estimate of drug-likeness (QED) is 0.788. The van der Waals surface area contributed by atoms with Gasteiger partial charge in [-0.1, -0.05) is 6.07 Å². The summed E-state index contributed by atoms with van der Waals surface area (Å²) in [6, 6.07) is 3.89. The topological polar surface area (TPSA) is 66.0 Å². The fourth-order valence-electron chi connectivity index (χ4n) is 3.84. The van der Waals surface area contributed by atoms with E-state index in [4.69, 9.17) is 4.74 Å². The van der Waals surface area contributed by atoms with Crippen LogP contribution in [0, 0.1) is 0 Å². The Labute approximate surface area is 148 Å². The Morgan fingerprint density at radius 2 is 2.04 bits per heavy atom. The van der Waals surface area contributed by atoms with Crippen LogP contribution in [0.1, 0.15) is 18.4 Å². The zero-order valence-electron chi connectivity index (χ0n) is 15.0. The van der Waals surface area contributed by atoms with Crippen molar-refractivity contribution in [3.8, 4) is 0 Å². The van der Waals surface area contributed by atoms with Crippen LogP contribution in [-0.2, 0) is 20.9 Å². The maximum atomic E-state index is 13.3. The maximum absolute atomic E-state index is 13.3. The van der Waals surface area contributed by atoms with Crippen molar-refractivity contribution >= 4 is 11.8 Å². The number of piperidine rings is 1. The van der Waals surface area contributed by atoms with Crippen molar-refractivity contribution < 1.29 is 14.3 Å². The summed E-state index contributed by atoms with van der Waals surface area (Å²) in [6.07, 6.45) is 4.89. The number of aromatic nitrogens is 1. The molecule has 0 atom stereocenters. The Morgan fingerprint density at radius 3 is 2.68 bits per heavy atom. The Balaban J connectivity index is 1.70. The third-order valence-electron chi connectivity index (χ3n) is 5.43. The molecule has 2 aliphatic heterocycles. The molecule has 2 saturated heterocycles. The molecule has 1 spiro atoms. The maximum Gasteiger partial charge on any atom is 0.248 e. The van der Waals surface area contributed by atoms with E-state index in [1.54, 1.807) is 11.1 Å². The molecule has 0 N–H and O–H groups in total. The van der Waals surface area contributed by atoms with Gasteiger partial charge >= 0.3 is 0 Å². The molecule has 7 nitrogen and oxygen atoms in total. The van der Waals surface area contributed by atoms with Gasteiger partial charge in [-0.2, -0.15) is 0 Å². The van der Waals surface area contributed by atoms with Gasteiger partial charge in [0.1, 0.15) is 12.1 Å². The summed E-state index contributed by atoms with van der Waals surface area (Å²) in [5.74, 6) is 0.166. The van der Waals surface area contributed by atoms with Gasteiger partial charge in [-0.15, -0.1) is 0 Å². The van der Waals surface area contributed by atoms with Crippen molar-refractivity contribution in [3.63, 3.8) is 0 Å². The van der Waals surface area contributed by atoms with Gasteiger partial charge < -0.3 is 14.5 Å². The first-order chi connectivity index (χ1) is 12.1. The van der Waals surface area contributed by atoms with E-state index in [0.29, 0.717) is 32.5 Å². The van der Waals surface area contributed by atoms with E-state index in [2.05, 4.69) is 9.88 Å². The van der Waals surface area contributed by atoms with Crippen LogP contribution in [0.15, 0.2) is 24.5 Å². The van der Waals surface area contributed by atoms with Crippen LogP contribution in [0.5, 0.6) is 0 Å². The molecule has 2 fully saturated rings. The first-order valence-electron chi connectivity index (χ1n) is 8.73. The Bertz CT molecular complexity index is 614. The number of likely N-dealkylation sites (tertiary alicyclic amines) is 1. The molecule has 1 aromatic heterocycles. The van der Waals surface area contributed by atoms with Crippen LogP contribution in [-0.4, -0.2) is 84.0 Å². The minimum Gasteiger partial charge on any atom is -0.375 e. The Kier molecular flexibility index (Phi) is 5.34. The van der Waals surface area contributed by atoms with E-state index in [9.17, 15) is 9.59 Å². The van der Waals surface area contributed by atoms with E-state index in [0.717, 1.165) is 18.7 Å². The summed E-state index contributed by atoms with van der Waals surface area (Å²) in [4.78, 5) is 35.3. The number of carbonyl (C=O) groups excluding carboxylic acids is 2. The summed E-state index contributed by atoms with van der Waals surface area (Å²) < 4.78 is 4.94. The van der Waals surface area contributed by atoms with Crippen molar-refractivity contribution in [2.75, 3.05) is 46.9 Å². The normalized spacial score (nSPS) is 21.0. The van der Waals surface area contributed by atoms with Crippen LogP contribution in [0.3, 0.4) is 0 Å². The van der Waals surface area contributed by atoms with Gasteiger partial charge in [-0.05, 0) is 31.5 Å². The molecule has 0 bridgehead atoms. The van der Waals surface area contributed by atoms with Gasteiger partial charge in [0.2, 0.25) is 11.8 Å². The average molecular weight is 346 g/mol. The van der Waals surface area contributed by atoms with Crippen LogP contribution in [0.4, 0.5) is 0 Å². The number of amides is 2. The van der Waals surface area contributed by atoms with Crippen molar-refractivity contribution in [1.82, 2.24) is 19.7 Å². The summed E-state index contributed by atoms with van der Waals surface area (Å²) >= 11 is 0. The highest BCUT2D eigenvalue weighted by molar-refractivity contribution is 5.88. The van der Waals surface area contributed by atoms with Crippen molar-refractivity contribution in [3.05, 3.63) is 30.1 Å². The van der Waals surface area contributed by atoms with Crippen LogP contribution in [0.2, 0.25) is 0 Å². The smallest absolute Gasteiger partial charge is 0.248 e. The number of ether oxygens (including phenoxy) is 1. The van der Waals surface area contributed by atoms with Crippen molar-refractivity contribution in [2.45, 2.75) is 24.9 Å². The lowest BCUT2D eigenvalue weighted by Gasteiger charge is -2.51. The van der Waals surface area contributed by atoms with Gasteiger partial charge in [0.15, 0.2) is 0 Å². The number of likely N-dealkylation sites (N-methyl/N-ethyl adjacent to an activating group) is 1. The zero-order valence-corrected chi connectivity index (χ0v) is 15.0. The lowest BCUT2D eigenvalue weighted by Crippen LogP contribution is -2.67. The summed E-state index contributed by atoms with van der Waals surface area (Å²) in [5.41, 5.74) is 0.549. The Morgan fingerprint density at radius 1 is 1.28 bits per heavy atom. The minimum atomic E-state index is -0.496. The molecule has 0 radical (unpaired) electrons. The second-order valence-electron chi connectivity index (χ2n) is 6.85. The molecule has 136 valence electrons.